The van der Waals surface area contributed by atoms with Crippen LogP contribution >= 0.6 is 0 Å². The zero-order valence-electron chi connectivity index (χ0n) is 10.9. The molecule has 1 rings (SSSR count). The van der Waals surface area contributed by atoms with Gasteiger partial charge in [0.1, 0.15) is 5.82 Å². The van der Waals surface area contributed by atoms with Gasteiger partial charge in [0.05, 0.1) is 0 Å². The van der Waals surface area contributed by atoms with Crippen molar-refractivity contribution in [3.8, 4) is 0 Å². The van der Waals surface area contributed by atoms with Crippen LogP contribution in [0.25, 0.3) is 0 Å². The molecule has 17 heavy (non-hydrogen) atoms. The highest BCUT2D eigenvalue weighted by atomic mass is 19.1. The third kappa shape index (κ3) is 5.80. The molecule has 1 N–H and O–H groups in total. The number of hydrogen-bond acceptors (Lipinski definition) is 2. The largest absolute Gasteiger partial charge is 0.385 e. The molecule has 0 saturated heterocycles. The minimum Gasteiger partial charge on any atom is -0.385 e. The molecule has 0 bridgehead atoms. The first-order valence-corrected chi connectivity index (χ1v) is 6.11. The minimum atomic E-state index is -0.178. The zero-order valence-corrected chi connectivity index (χ0v) is 10.9. The Bertz CT molecular complexity index is 313. The molecule has 3 heteroatoms. The molecule has 96 valence electrons. The maximum Gasteiger partial charge on any atom is 0.123 e. The molecular formula is C14H22FNO. The summed E-state index contributed by atoms with van der Waals surface area (Å²) in [6.45, 7) is 5.07. The lowest BCUT2D eigenvalue weighted by Crippen LogP contribution is -2.36. The van der Waals surface area contributed by atoms with Gasteiger partial charge in [0.15, 0.2) is 0 Å². The van der Waals surface area contributed by atoms with Crippen LogP contribution in [0.4, 0.5) is 4.39 Å². The van der Waals surface area contributed by atoms with Crippen LogP contribution in [0.3, 0.4) is 0 Å². The van der Waals surface area contributed by atoms with E-state index < -0.39 is 0 Å². The highest BCUT2D eigenvalue weighted by Gasteiger charge is 2.07. The van der Waals surface area contributed by atoms with E-state index in [4.69, 9.17) is 4.74 Å². The third-order valence-electron chi connectivity index (χ3n) is 2.78. The number of hydrogen-bond donors (Lipinski definition) is 1. The van der Waals surface area contributed by atoms with Crippen LogP contribution in [0.15, 0.2) is 24.3 Å². The number of methoxy groups -OCH3 is 1. The Balaban J connectivity index is 2.33. The number of ether oxygens (including phenoxy) is 1. The quantitative estimate of drug-likeness (QED) is 0.790. The SMILES string of the molecule is COCCC(C)NC(C)Cc1ccc(F)cc1. The predicted molar refractivity (Wildman–Crippen MR) is 68.7 cm³/mol. The molecule has 2 atom stereocenters. The van der Waals surface area contributed by atoms with E-state index in [0.29, 0.717) is 12.1 Å². The Labute approximate surface area is 103 Å². The number of halogens is 1. The Morgan fingerprint density at radius 3 is 2.41 bits per heavy atom. The van der Waals surface area contributed by atoms with E-state index in [1.807, 2.05) is 12.1 Å². The third-order valence-corrected chi connectivity index (χ3v) is 2.78. The lowest BCUT2D eigenvalue weighted by atomic mass is 10.1. The Kier molecular flexibility index (Phi) is 6.16. The first-order valence-electron chi connectivity index (χ1n) is 6.11. The van der Waals surface area contributed by atoms with E-state index in [0.717, 1.165) is 25.0 Å². The van der Waals surface area contributed by atoms with Gasteiger partial charge in [0.25, 0.3) is 0 Å². The number of benzene rings is 1. The Morgan fingerprint density at radius 2 is 1.82 bits per heavy atom. The lowest BCUT2D eigenvalue weighted by Gasteiger charge is -2.19. The van der Waals surface area contributed by atoms with Crippen molar-refractivity contribution in [2.75, 3.05) is 13.7 Å². The van der Waals surface area contributed by atoms with Crippen LogP contribution in [0.5, 0.6) is 0 Å². The fourth-order valence-electron chi connectivity index (χ4n) is 1.90. The molecule has 0 aliphatic rings. The molecule has 0 aliphatic carbocycles. The maximum atomic E-state index is 12.7. The molecule has 0 saturated carbocycles. The van der Waals surface area contributed by atoms with Crippen molar-refractivity contribution >= 4 is 0 Å². The van der Waals surface area contributed by atoms with E-state index in [1.54, 1.807) is 7.11 Å². The minimum absolute atomic E-state index is 0.178. The van der Waals surface area contributed by atoms with Gasteiger partial charge in [-0.05, 0) is 44.4 Å². The van der Waals surface area contributed by atoms with Gasteiger partial charge in [0, 0.05) is 25.8 Å². The molecule has 0 spiro atoms. The highest BCUT2D eigenvalue weighted by molar-refractivity contribution is 5.17. The lowest BCUT2D eigenvalue weighted by molar-refractivity contribution is 0.183. The van der Waals surface area contributed by atoms with Crippen LogP contribution in [-0.4, -0.2) is 25.8 Å². The fraction of sp³-hybridized carbons (Fsp3) is 0.571. The second kappa shape index (κ2) is 7.41. The van der Waals surface area contributed by atoms with Crippen molar-refractivity contribution < 1.29 is 9.13 Å². The van der Waals surface area contributed by atoms with Crippen LogP contribution in [0.1, 0.15) is 25.8 Å². The second-order valence-electron chi connectivity index (χ2n) is 4.58. The number of rotatable bonds is 7. The van der Waals surface area contributed by atoms with Gasteiger partial charge in [0.2, 0.25) is 0 Å². The van der Waals surface area contributed by atoms with Crippen molar-refractivity contribution in [2.45, 2.75) is 38.8 Å². The van der Waals surface area contributed by atoms with Gasteiger partial charge < -0.3 is 10.1 Å². The van der Waals surface area contributed by atoms with E-state index >= 15 is 0 Å². The molecular weight excluding hydrogens is 217 g/mol. The van der Waals surface area contributed by atoms with Gasteiger partial charge in [-0.3, -0.25) is 0 Å². The van der Waals surface area contributed by atoms with E-state index in [2.05, 4.69) is 19.2 Å². The van der Waals surface area contributed by atoms with Crippen molar-refractivity contribution in [1.82, 2.24) is 5.32 Å². The summed E-state index contributed by atoms with van der Waals surface area (Å²) in [4.78, 5) is 0. The first kappa shape index (κ1) is 14.1. The standard InChI is InChI=1S/C14H22FNO/c1-11(8-9-17-3)16-12(2)10-13-4-6-14(15)7-5-13/h4-7,11-12,16H,8-10H2,1-3H3. The van der Waals surface area contributed by atoms with Gasteiger partial charge in [-0.1, -0.05) is 12.1 Å². The van der Waals surface area contributed by atoms with Crippen LogP contribution in [-0.2, 0) is 11.2 Å². The average Bonchev–Trinajstić information content (AvgIpc) is 2.29. The molecule has 1 aromatic carbocycles. The smallest absolute Gasteiger partial charge is 0.123 e. The summed E-state index contributed by atoms with van der Waals surface area (Å²) < 4.78 is 17.8. The highest BCUT2D eigenvalue weighted by Crippen LogP contribution is 2.06. The molecule has 0 heterocycles. The van der Waals surface area contributed by atoms with E-state index in [1.165, 1.54) is 12.1 Å². The normalized spacial score (nSPS) is 14.6. The van der Waals surface area contributed by atoms with Crippen molar-refractivity contribution in [2.24, 2.45) is 0 Å². The molecule has 0 radical (unpaired) electrons. The van der Waals surface area contributed by atoms with Crippen LogP contribution in [0, 0.1) is 5.82 Å². The predicted octanol–water partition coefficient (Wildman–Crippen LogP) is 2.77. The van der Waals surface area contributed by atoms with Crippen molar-refractivity contribution in [3.63, 3.8) is 0 Å². The summed E-state index contributed by atoms with van der Waals surface area (Å²) in [6.07, 6.45) is 1.92. The maximum absolute atomic E-state index is 12.7. The average molecular weight is 239 g/mol. The topological polar surface area (TPSA) is 21.3 Å². The second-order valence-corrected chi connectivity index (χ2v) is 4.58. The molecule has 1 aromatic rings. The van der Waals surface area contributed by atoms with E-state index in [9.17, 15) is 4.39 Å². The summed E-state index contributed by atoms with van der Waals surface area (Å²) in [7, 11) is 1.72. The summed E-state index contributed by atoms with van der Waals surface area (Å²) in [5, 5.41) is 3.50. The van der Waals surface area contributed by atoms with Gasteiger partial charge in [-0.15, -0.1) is 0 Å². The van der Waals surface area contributed by atoms with Gasteiger partial charge in [-0.25, -0.2) is 4.39 Å². The summed E-state index contributed by atoms with van der Waals surface area (Å²) in [5.74, 6) is -0.178. The molecule has 0 fully saturated rings. The fourth-order valence-corrected chi connectivity index (χ4v) is 1.90. The molecule has 0 amide bonds. The van der Waals surface area contributed by atoms with Crippen molar-refractivity contribution in [3.05, 3.63) is 35.6 Å². The molecule has 0 aromatic heterocycles. The Morgan fingerprint density at radius 1 is 1.18 bits per heavy atom. The Hall–Kier alpha value is -0.930. The van der Waals surface area contributed by atoms with Crippen LogP contribution in [0.2, 0.25) is 0 Å². The summed E-state index contributed by atoms with van der Waals surface area (Å²) in [5.41, 5.74) is 1.16. The summed E-state index contributed by atoms with van der Waals surface area (Å²) >= 11 is 0. The number of nitrogens with one attached hydrogen (secondary N) is 1. The monoisotopic (exact) mass is 239 g/mol. The molecule has 2 nitrogen and oxygen atoms in total. The van der Waals surface area contributed by atoms with E-state index in [-0.39, 0.29) is 5.82 Å². The van der Waals surface area contributed by atoms with Gasteiger partial charge >= 0.3 is 0 Å². The van der Waals surface area contributed by atoms with Gasteiger partial charge in [-0.2, -0.15) is 0 Å². The van der Waals surface area contributed by atoms with Crippen LogP contribution < -0.4 is 5.32 Å². The molecule has 0 aliphatic heterocycles. The first-order chi connectivity index (χ1) is 8.11. The molecule has 2 unspecified atom stereocenters. The van der Waals surface area contributed by atoms with Crippen molar-refractivity contribution in [1.29, 1.82) is 0 Å². The zero-order chi connectivity index (χ0) is 12.7. The summed E-state index contributed by atoms with van der Waals surface area (Å²) in [6, 6.07) is 7.52.